The first-order valence-corrected chi connectivity index (χ1v) is 17.9. The fourth-order valence-corrected chi connectivity index (χ4v) is 7.22. The highest BCUT2D eigenvalue weighted by Gasteiger charge is 2.26. The number of hydrogen-bond donors (Lipinski definition) is 0. The van der Waals surface area contributed by atoms with Crippen LogP contribution < -0.4 is 0 Å². The van der Waals surface area contributed by atoms with E-state index in [1.165, 1.54) is 18.2 Å². The van der Waals surface area contributed by atoms with E-state index >= 15 is 0 Å². The minimum atomic E-state index is -1.83. The summed E-state index contributed by atoms with van der Waals surface area (Å²) in [5.74, 6) is -5.25. The summed E-state index contributed by atoms with van der Waals surface area (Å²) in [4.78, 5) is 5.13. The second-order valence-electron chi connectivity index (χ2n) is 15.2. The van der Waals surface area contributed by atoms with Gasteiger partial charge in [0.1, 0.15) is 34.4 Å². The van der Waals surface area contributed by atoms with E-state index in [1.54, 1.807) is 72.7 Å². The summed E-state index contributed by atoms with van der Waals surface area (Å²) < 4.78 is 107. The molecule has 6 heteroatoms. The summed E-state index contributed by atoms with van der Waals surface area (Å²) in [5.41, 5.74) is 4.11. The van der Waals surface area contributed by atoms with Gasteiger partial charge in [0.25, 0.3) is 0 Å². The fraction of sp³-hybridized carbons (Fsp3) is 0.229. The van der Waals surface area contributed by atoms with Gasteiger partial charge in [0, 0.05) is 28.4 Å². The Kier molecular flexibility index (Phi) is 7.13. The van der Waals surface area contributed by atoms with Crippen LogP contribution in [0.4, 0.5) is 13.2 Å². The Morgan fingerprint density at radius 2 is 1.43 bits per heavy atom. The summed E-state index contributed by atoms with van der Waals surface area (Å²) in [7, 11) is 0. The second kappa shape index (κ2) is 13.3. The van der Waals surface area contributed by atoms with Crippen molar-refractivity contribution in [2.75, 3.05) is 0 Å². The number of rotatable bonds is 7. The van der Waals surface area contributed by atoms with Crippen molar-refractivity contribution in [2.45, 2.75) is 66.6 Å². The SMILES string of the molecule is [2H]c1cc(C([2H])([2H])C(C)(C)C)cc([2H])c1-c1cc(C([2H])(C)C)c(-n2c(-c3cccc4c3oc3cc(-c5c(F)cc(F)cc5F)ccc34)nc3ccccc32)c(C([2H])(C)C)c1. The average Bonchev–Trinajstić information content (AvgIpc) is 3.71. The summed E-state index contributed by atoms with van der Waals surface area (Å²) in [6.45, 7) is 12.3. The Bertz CT molecular complexity index is 2960. The molecule has 0 bridgehead atoms. The van der Waals surface area contributed by atoms with Gasteiger partial charge in [-0.05, 0) is 99.4 Å². The molecule has 2 heterocycles. The molecule has 2 aromatic heterocycles. The zero-order valence-corrected chi connectivity index (χ0v) is 31.2. The molecule has 54 heavy (non-hydrogen) atoms. The number of aromatic nitrogens is 2. The lowest BCUT2D eigenvalue weighted by Gasteiger charge is -2.24. The second-order valence-corrected chi connectivity index (χ2v) is 15.2. The summed E-state index contributed by atoms with van der Waals surface area (Å²) >= 11 is 0. The van der Waals surface area contributed by atoms with Crippen LogP contribution in [-0.4, -0.2) is 9.55 Å². The lowest BCUT2D eigenvalue weighted by Crippen LogP contribution is -2.10. The third kappa shape index (κ3) is 6.27. The molecule has 6 aromatic carbocycles. The average molecular weight is 727 g/mol. The topological polar surface area (TPSA) is 31.0 Å². The van der Waals surface area contributed by atoms with Gasteiger partial charge in [-0.15, -0.1) is 0 Å². The standard InChI is InChI=1S/C48H43F3N2O/c1-27(2)37-21-32(30-17-15-29(16-18-30)26-48(5,6)7)22-38(28(3)4)45(37)53-42-14-9-8-13-41(42)52-47(53)36-12-10-11-35-34-20-19-31(23-43(34)54-46(35)36)44-39(50)24-33(49)25-40(44)51/h8-25,27-28H,26H2,1-7H3/i17D,18D,26D2,27D,28D. The van der Waals surface area contributed by atoms with Crippen LogP contribution >= 0.6 is 0 Å². The predicted molar refractivity (Wildman–Crippen MR) is 216 cm³/mol. The van der Waals surface area contributed by atoms with Crippen LogP contribution in [0.2, 0.25) is 0 Å². The van der Waals surface area contributed by atoms with Gasteiger partial charge in [0.05, 0.1) is 30.6 Å². The molecule has 8 rings (SSSR count). The van der Waals surface area contributed by atoms with Crippen molar-refractivity contribution in [1.82, 2.24) is 9.55 Å². The maximum absolute atomic E-state index is 14.9. The number of benzene rings is 6. The lowest BCUT2D eigenvalue weighted by atomic mass is 9.86. The summed E-state index contributed by atoms with van der Waals surface area (Å²) in [6, 6.07) is 25.6. The number of furan rings is 1. The van der Waals surface area contributed by atoms with Crippen LogP contribution in [0.25, 0.3) is 72.3 Å². The third-order valence-corrected chi connectivity index (χ3v) is 9.56. The van der Waals surface area contributed by atoms with Crippen LogP contribution in [0.3, 0.4) is 0 Å². The van der Waals surface area contributed by atoms with Crippen LogP contribution in [0.1, 0.15) is 85.2 Å². The monoisotopic (exact) mass is 726 g/mol. The van der Waals surface area contributed by atoms with E-state index in [1.807, 2.05) is 47.0 Å². The minimum absolute atomic E-state index is 0.0424. The van der Waals surface area contributed by atoms with E-state index in [0.29, 0.717) is 78.9 Å². The molecule has 0 saturated heterocycles. The fourth-order valence-electron chi connectivity index (χ4n) is 7.22. The van der Waals surface area contributed by atoms with E-state index < -0.39 is 41.0 Å². The van der Waals surface area contributed by atoms with Gasteiger partial charge in [-0.3, -0.25) is 4.57 Å². The number of halogens is 3. The summed E-state index contributed by atoms with van der Waals surface area (Å²) in [6.07, 6.45) is -1.83. The highest BCUT2D eigenvalue weighted by molar-refractivity contribution is 6.10. The van der Waals surface area contributed by atoms with Crippen molar-refractivity contribution in [3.8, 4) is 39.3 Å². The van der Waals surface area contributed by atoms with Crippen molar-refractivity contribution >= 4 is 33.0 Å². The molecule has 0 N–H and O–H groups in total. The van der Waals surface area contributed by atoms with Gasteiger partial charge >= 0.3 is 0 Å². The molecule has 0 atom stereocenters. The molecule has 272 valence electrons. The Hall–Kier alpha value is -5.62. The van der Waals surface area contributed by atoms with Crippen LogP contribution in [-0.2, 0) is 6.37 Å². The number of para-hydroxylation sites is 3. The number of fused-ring (bicyclic) bond motifs is 4. The van der Waals surface area contributed by atoms with E-state index in [9.17, 15) is 15.9 Å². The van der Waals surface area contributed by atoms with Crippen LogP contribution in [0.15, 0.2) is 114 Å². The Morgan fingerprint density at radius 3 is 2.07 bits per heavy atom. The van der Waals surface area contributed by atoms with Gasteiger partial charge in [0.15, 0.2) is 0 Å². The quantitative estimate of drug-likeness (QED) is 0.164. The minimum Gasteiger partial charge on any atom is -0.455 e. The predicted octanol–water partition coefficient (Wildman–Crippen LogP) is 14.2. The number of hydrogen-bond acceptors (Lipinski definition) is 2. The summed E-state index contributed by atoms with van der Waals surface area (Å²) in [5, 5.41) is 1.38. The molecule has 8 aromatic rings. The molecule has 0 aliphatic rings. The maximum Gasteiger partial charge on any atom is 0.149 e. The molecule has 0 radical (unpaired) electrons. The van der Waals surface area contributed by atoms with Gasteiger partial charge in [0.2, 0.25) is 0 Å². The van der Waals surface area contributed by atoms with Gasteiger partial charge in [-0.25, -0.2) is 18.2 Å². The Labute approximate surface area is 322 Å². The molecule has 0 spiro atoms. The molecule has 0 saturated carbocycles. The molecule has 0 fully saturated rings. The Balaban J connectivity index is 1.40. The number of nitrogens with zero attached hydrogens (tertiary/aromatic N) is 2. The number of imidazole rings is 1. The molecule has 0 aliphatic carbocycles. The normalized spacial score (nSPS) is 14.6. The van der Waals surface area contributed by atoms with Crippen molar-refractivity contribution in [2.24, 2.45) is 5.41 Å². The van der Waals surface area contributed by atoms with Gasteiger partial charge < -0.3 is 4.42 Å². The molecule has 3 nitrogen and oxygen atoms in total. The van der Waals surface area contributed by atoms with Crippen molar-refractivity contribution in [3.63, 3.8) is 0 Å². The first-order valence-electron chi connectivity index (χ1n) is 20.9. The van der Waals surface area contributed by atoms with E-state index in [4.69, 9.17) is 14.9 Å². The van der Waals surface area contributed by atoms with Crippen molar-refractivity contribution in [1.29, 1.82) is 0 Å². The van der Waals surface area contributed by atoms with E-state index in [0.717, 1.165) is 0 Å². The van der Waals surface area contributed by atoms with Crippen molar-refractivity contribution in [3.05, 3.63) is 143 Å². The smallest absolute Gasteiger partial charge is 0.149 e. The van der Waals surface area contributed by atoms with Crippen LogP contribution in [0.5, 0.6) is 0 Å². The zero-order valence-electron chi connectivity index (χ0n) is 37.2. The maximum atomic E-state index is 14.9. The third-order valence-electron chi connectivity index (χ3n) is 9.56. The van der Waals surface area contributed by atoms with Crippen LogP contribution in [0, 0.1) is 22.9 Å². The molecule has 0 unspecified atom stereocenters. The van der Waals surface area contributed by atoms with Crippen molar-refractivity contribution < 1.29 is 25.8 Å². The Morgan fingerprint density at radius 1 is 0.759 bits per heavy atom. The first kappa shape index (κ1) is 28.8. The van der Waals surface area contributed by atoms with E-state index in [2.05, 4.69) is 0 Å². The molecular weight excluding hydrogens is 678 g/mol. The lowest BCUT2D eigenvalue weighted by molar-refractivity contribution is 0.411. The highest BCUT2D eigenvalue weighted by Crippen LogP contribution is 2.43. The van der Waals surface area contributed by atoms with Gasteiger partial charge in [-0.2, -0.15) is 0 Å². The zero-order chi connectivity index (χ0) is 43.4. The molecular formula is C48H43F3N2O. The van der Waals surface area contributed by atoms with Gasteiger partial charge in [-0.1, -0.05) is 103 Å². The molecule has 0 amide bonds. The largest absolute Gasteiger partial charge is 0.455 e. The highest BCUT2D eigenvalue weighted by atomic mass is 19.1. The first-order chi connectivity index (χ1) is 28.0. The molecule has 0 aliphatic heterocycles. The van der Waals surface area contributed by atoms with E-state index in [-0.39, 0.29) is 34.3 Å².